The second-order valence-corrected chi connectivity index (χ2v) is 7.29. The summed E-state index contributed by atoms with van der Waals surface area (Å²) in [6.45, 7) is 1.80. The Kier molecular flexibility index (Phi) is 6.69. The molecule has 0 bridgehead atoms. The Morgan fingerprint density at radius 1 is 1.22 bits per heavy atom. The highest BCUT2D eigenvalue weighted by Gasteiger charge is 2.48. The molecule has 0 heterocycles. The topological polar surface area (TPSA) is 69.7 Å². The maximum absolute atomic E-state index is 12.6. The number of aryl methyl sites for hydroxylation is 1. The summed E-state index contributed by atoms with van der Waals surface area (Å²) in [5, 5.41) is 0. The quantitative estimate of drug-likeness (QED) is 0.388. The predicted molar refractivity (Wildman–Crippen MR) is 93.3 cm³/mol. The molecule has 27 heavy (non-hydrogen) atoms. The molecule has 0 amide bonds. The molecule has 1 aromatic rings. The summed E-state index contributed by atoms with van der Waals surface area (Å²) in [5.74, 6) is -0.995. The van der Waals surface area contributed by atoms with Crippen LogP contribution in [0.5, 0.6) is 5.75 Å². The molecular weight excluding hydrogens is 385 g/mol. The van der Waals surface area contributed by atoms with Gasteiger partial charge in [-0.2, -0.15) is 21.6 Å². The van der Waals surface area contributed by atoms with Crippen molar-refractivity contribution < 1.29 is 35.3 Å². The van der Waals surface area contributed by atoms with E-state index in [-0.39, 0.29) is 25.0 Å². The Hall–Kier alpha value is -2.29. The SMILES string of the molecule is CCOC(=O)CCc1cc(C2=CCCC=C2)ccc1OS(=O)(=O)C(F)(F)F. The Labute approximate surface area is 155 Å². The van der Waals surface area contributed by atoms with E-state index < -0.39 is 27.3 Å². The molecule has 1 aliphatic carbocycles. The van der Waals surface area contributed by atoms with Gasteiger partial charge in [0.05, 0.1) is 6.61 Å². The molecule has 5 nitrogen and oxygen atoms in total. The summed E-state index contributed by atoms with van der Waals surface area (Å²) < 4.78 is 69.7. The minimum absolute atomic E-state index is 0.0215. The van der Waals surface area contributed by atoms with Gasteiger partial charge in [-0.05, 0) is 55.0 Å². The molecular formula is C18H19F3O5S. The van der Waals surface area contributed by atoms with Crippen molar-refractivity contribution in [2.24, 2.45) is 0 Å². The largest absolute Gasteiger partial charge is 0.534 e. The van der Waals surface area contributed by atoms with Crippen LogP contribution in [0, 0.1) is 0 Å². The summed E-state index contributed by atoms with van der Waals surface area (Å²) in [5.41, 5.74) is -3.81. The van der Waals surface area contributed by atoms with E-state index in [9.17, 15) is 26.4 Å². The monoisotopic (exact) mass is 404 g/mol. The third-order valence-corrected chi connectivity index (χ3v) is 4.74. The van der Waals surface area contributed by atoms with Gasteiger partial charge in [0.25, 0.3) is 0 Å². The van der Waals surface area contributed by atoms with E-state index in [0.717, 1.165) is 18.4 Å². The van der Waals surface area contributed by atoms with Gasteiger partial charge in [0, 0.05) is 6.42 Å². The van der Waals surface area contributed by atoms with E-state index in [1.807, 2.05) is 18.2 Å². The Bertz CT molecular complexity index is 854. The van der Waals surface area contributed by atoms with Gasteiger partial charge < -0.3 is 8.92 Å². The first-order valence-corrected chi connectivity index (χ1v) is 9.71. The highest BCUT2D eigenvalue weighted by atomic mass is 32.2. The summed E-state index contributed by atoms with van der Waals surface area (Å²) >= 11 is 0. The van der Waals surface area contributed by atoms with Crippen LogP contribution in [-0.4, -0.2) is 26.5 Å². The van der Waals surface area contributed by atoms with Crippen molar-refractivity contribution in [2.45, 2.75) is 38.1 Å². The third-order valence-electron chi connectivity index (χ3n) is 3.78. The van der Waals surface area contributed by atoms with Crippen LogP contribution in [0.15, 0.2) is 36.4 Å². The molecule has 0 saturated heterocycles. The molecule has 1 aromatic carbocycles. The first-order valence-electron chi connectivity index (χ1n) is 8.30. The zero-order valence-corrected chi connectivity index (χ0v) is 15.4. The maximum atomic E-state index is 12.6. The minimum atomic E-state index is -5.80. The predicted octanol–water partition coefficient (Wildman–Crippen LogP) is 4.14. The van der Waals surface area contributed by atoms with Crippen LogP contribution in [0.3, 0.4) is 0 Å². The van der Waals surface area contributed by atoms with Gasteiger partial charge in [0.15, 0.2) is 0 Å². The fourth-order valence-corrected chi connectivity index (χ4v) is 2.99. The lowest BCUT2D eigenvalue weighted by Gasteiger charge is -2.15. The lowest BCUT2D eigenvalue weighted by Crippen LogP contribution is -2.28. The number of carbonyl (C=O) groups excluding carboxylic acids is 1. The third kappa shape index (κ3) is 5.59. The highest BCUT2D eigenvalue weighted by Crippen LogP contribution is 2.32. The van der Waals surface area contributed by atoms with E-state index >= 15 is 0 Å². The summed E-state index contributed by atoms with van der Waals surface area (Å²) in [6.07, 6.45) is 7.39. The molecule has 148 valence electrons. The van der Waals surface area contributed by atoms with Gasteiger partial charge in [0.2, 0.25) is 0 Å². The number of halogens is 3. The molecule has 0 spiro atoms. The van der Waals surface area contributed by atoms with Crippen LogP contribution in [-0.2, 0) is 26.1 Å². The normalized spacial score (nSPS) is 14.6. The van der Waals surface area contributed by atoms with Gasteiger partial charge in [-0.3, -0.25) is 4.79 Å². The van der Waals surface area contributed by atoms with Crippen molar-refractivity contribution in [2.75, 3.05) is 6.61 Å². The zero-order valence-electron chi connectivity index (χ0n) is 14.6. The fraction of sp³-hybridized carbons (Fsp3) is 0.389. The van der Waals surface area contributed by atoms with Crippen LogP contribution >= 0.6 is 0 Å². The van der Waals surface area contributed by atoms with Crippen molar-refractivity contribution in [3.8, 4) is 5.75 Å². The number of rotatable bonds is 7. The van der Waals surface area contributed by atoms with Crippen LogP contribution in [0.4, 0.5) is 13.2 Å². The summed E-state index contributed by atoms with van der Waals surface area (Å²) in [4.78, 5) is 11.6. The zero-order chi connectivity index (χ0) is 20.1. The van der Waals surface area contributed by atoms with Crippen molar-refractivity contribution >= 4 is 21.7 Å². The molecule has 2 rings (SSSR count). The van der Waals surface area contributed by atoms with Crippen LogP contribution in [0.25, 0.3) is 5.57 Å². The van der Waals surface area contributed by atoms with Crippen LogP contribution in [0.2, 0.25) is 0 Å². The van der Waals surface area contributed by atoms with Gasteiger partial charge >= 0.3 is 21.6 Å². The molecule has 0 saturated carbocycles. The van der Waals surface area contributed by atoms with Crippen molar-refractivity contribution in [3.05, 3.63) is 47.6 Å². The van der Waals surface area contributed by atoms with Crippen molar-refractivity contribution in [1.82, 2.24) is 0 Å². The first-order chi connectivity index (χ1) is 12.6. The van der Waals surface area contributed by atoms with Crippen molar-refractivity contribution in [3.63, 3.8) is 0 Å². The highest BCUT2D eigenvalue weighted by molar-refractivity contribution is 7.88. The van der Waals surface area contributed by atoms with E-state index in [2.05, 4.69) is 4.18 Å². The lowest BCUT2D eigenvalue weighted by molar-refractivity contribution is -0.143. The lowest BCUT2D eigenvalue weighted by atomic mass is 9.96. The Balaban J connectivity index is 2.35. The molecule has 0 fully saturated rings. The molecule has 0 unspecified atom stereocenters. The van der Waals surface area contributed by atoms with E-state index in [0.29, 0.717) is 5.56 Å². The van der Waals surface area contributed by atoms with Gasteiger partial charge in [0.1, 0.15) is 5.75 Å². The molecule has 0 N–H and O–H groups in total. The number of alkyl halides is 3. The number of allylic oxidation sites excluding steroid dienone is 4. The molecule has 0 aliphatic heterocycles. The van der Waals surface area contributed by atoms with E-state index in [1.54, 1.807) is 6.92 Å². The Morgan fingerprint density at radius 3 is 2.56 bits per heavy atom. The van der Waals surface area contributed by atoms with Gasteiger partial charge in [-0.25, -0.2) is 0 Å². The van der Waals surface area contributed by atoms with Crippen molar-refractivity contribution in [1.29, 1.82) is 0 Å². The standard InChI is InChI=1S/C18H19F3O5S/c1-2-25-17(22)11-9-15-12-14(13-6-4-3-5-7-13)8-10-16(15)26-27(23,24)18(19,20)21/h4,6-8,10,12H,2-3,5,9,11H2,1H3. The molecule has 1 aliphatic rings. The first kappa shape index (κ1) is 21.0. The Morgan fingerprint density at radius 2 is 1.96 bits per heavy atom. The van der Waals surface area contributed by atoms with Crippen LogP contribution in [0.1, 0.15) is 37.3 Å². The molecule has 0 atom stereocenters. The van der Waals surface area contributed by atoms with E-state index in [4.69, 9.17) is 4.74 Å². The number of esters is 1. The van der Waals surface area contributed by atoms with E-state index in [1.165, 1.54) is 18.2 Å². The number of hydrogen-bond acceptors (Lipinski definition) is 5. The fourth-order valence-electron chi connectivity index (χ4n) is 2.50. The summed E-state index contributed by atoms with van der Waals surface area (Å²) in [6, 6.07) is 4.18. The van der Waals surface area contributed by atoms with Crippen LogP contribution < -0.4 is 4.18 Å². The number of benzene rings is 1. The number of hydrogen-bond donors (Lipinski definition) is 0. The number of carbonyl (C=O) groups is 1. The smallest absolute Gasteiger partial charge is 0.466 e. The summed E-state index contributed by atoms with van der Waals surface area (Å²) in [7, 11) is -5.80. The van der Waals surface area contributed by atoms with Gasteiger partial charge in [-0.1, -0.05) is 24.3 Å². The maximum Gasteiger partial charge on any atom is 0.534 e. The number of ether oxygens (including phenoxy) is 1. The second-order valence-electron chi connectivity index (χ2n) is 5.75. The molecule has 9 heteroatoms. The minimum Gasteiger partial charge on any atom is -0.466 e. The van der Waals surface area contributed by atoms with Gasteiger partial charge in [-0.15, -0.1) is 0 Å². The average Bonchev–Trinajstić information content (AvgIpc) is 2.60. The second kappa shape index (κ2) is 8.60. The molecule has 0 aromatic heterocycles. The molecule has 0 radical (unpaired) electrons. The average molecular weight is 404 g/mol.